The molecule has 5 rings (SSSR count). The molecule has 10 heteroatoms. The summed E-state index contributed by atoms with van der Waals surface area (Å²) in [7, 11) is 0. The van der Waals surface area contributed by atoms with E-state index in [0.29, 0.717) is 42.1 Å². The molecule has 3 aromatic heterocycles. The van der Waals surface area contributed by atoms with Crippen LogP contribution in [0.25, 0.3) is 22.8 Å². The van der Waals surface area contributed by atoms with Crippen LogP contribution < -0.4 is 10.2 Å². The first kappa shape index (κ1) is 16.8. The fourth-order valence-corrected chi connectivity index (χ4v) is 3.52. The van der Waals surface area contributed by atoms with Crippen LogP contribution in [0.4, 0.5) is 11.6 Å². The van der Waals surface area contributed by atoms with Gasteiger partial charge in [-0.2, -0.15) is 5.10 Å². The topological polar surface area (TPSA) is 122 Å². The van der Waals surface area contributed by atoms with Crippen molar-refractivity contribution in [2.75, 3.05) is 30.0 Å². The third-order valence-corrected chi connectivity index (χ3v) is 4.95. The Morgan fingerprint density at radius 1 is 1.07 bits per heavy atom. The van der Waals surface area contributed by atoms with Gasteiger partial charge in [-0.1, -0.05) is 0 Å². The van der Waals surface area contributed by atoms with E-state index in [4.69, 9.17) is 9.72 Å². The Balaban J connectivity index is 1.48. The number of nitrogens with zero attached hydrogens (tertiary/aromatic N) is 6. The van der Waals surface area contributed by atoms with E-state index >= 15 is 0 Å². The van der Waals surface area contributed by atoms with Gasteiger partial charge in [-0.3, -0.25) is 14.9 Å². The van der Waals surface area contributed by atoms with Crippen LogP contribution in [0.1, 0.15) is 12.8 Å². The predicted molar refractivity (Wildman–Crippen MR) is 100 cm³/mol. The second kappa shape index (κ2) is 6.97. The van der Waals surface area contributed by atoms with Crippen LogP contribution in [0.15, 0.2) is 30.9 Å². The monoisotopic (exact) mass is 378 g/mol. The standard InChI is InChI=1S/C18H18N8O2/c27-15-9-26(12-3-5-28-6-4-12)18-17(24-15)20-8-14(23-18)11-1-2-13(19-7-11)16-21-10-22-25-16/h1-2,7-8,10,12H,3-6,9H2,(H,20,24,27)(H,21,22,25). The lowest BCUT2D eigenvalue weighted by atomic mass is 10.1. The third-order valence-electron chi connectivity index (χ3n) is 4.95. The zero-order valence-electron chi connectivity index (χ0n) is 15.0. The summed E-state index contributed by atoms with van der Waals surface area (Å²) < 4.78 is 5.46. The Hall–Kier alpha value is -3.40. The summed E-state index contributed by atoms with van der Waals surface area (Å²) in [6, 6.07) is 3.99. The van der Waals surface area contributed by atoms with E-state index in [-0.39, 0.29) is 18.5 Å². The van der Waals surface area contributed by atoms with Crippen molar-refractivity contribution >= 4 is 17.5 Å². The number of hydrogen-bond acceptors (Lipinski definition) is 8. The summed E-state index contributed by atoms with van der Waals surface area (Å²) >= 11 is 0. The molecule has 10 nitrogen and oxygen atoms in total. The number of pyridine rings is 1. The molecule has 0 saturated carbocycles. The Labute approximate surface area is 160 Å². The predicted octanol–water partition coefficient (Wildman–Crippen LogP) is 1.26. The first-order valence-electron chi connectivity index (χ1n) is 9.11. The van der Waals surface area contributed by atoms with Gasteiger partial charge in [0.05, 0.1) is 18.4 Å². The zero-order chi connectivity index (χ0) is 18.9. The van der Waals surface area contributed by atoms with E-state index in [1.54, 1.807) is 12.4 Å². The number of amides is 1. The second-order valence-electron chi connectivity index (χ2n) is 6.71. The van der Waals surface area contributed by atoms with Crippen LogP contribution in [-0.2, 0) is 9.53 Å². The van der Waals surface area contributed by atoms with Crippen LogP contribution in [0.5, 0.6) is 0 Å². The van der Waals surface area contributed by atoms with Crippen LogP contribution in [0.2, 0.25) is 0 Å². The minimum Gasteiger partial charge on any atom is -0.381 e. The lowest BCUT2D eigenvalue weighted by molar-refractivity contribution is -0.115. The van der Waals surface area contributed by atoms with Gasteiger partial charge in [0.15, 0.2) is 17.5 Å². The lowest BCUT2D eigenvalue weighted by Crippen LogP contribution is -2.47. The van der Waals surface area contributed by atoms with Gasteiger partial charge in [-0.25, -0.2) is 15.0 Å². The molecule has 5 heterocycles. The average Bonchev–Trinajstić information content (AvgIpc) is 3.28. The number of fused-ring (bicyclic) bond motifs is 1. The van der Waals surface area contributed by atoms with E-state index < -0.39 is 0 Å². The largest absolute Gasteiger partial charge is 0.381 e. The lowest BCUT2D eigenvalue weighted by Gasteiger charge is -2.37. The van der Waals surface area contributed by atoms with Crippen LogP contribution in [0.3, 0.4) is 0 Å². The average molecular weight is 378 g/mol. The summed E-state index contributed by atoms with van der Waals surface area (Å²) in [5.74, 6) is 1.73. The number of aromatic nitrogens is 6. The number of carbonyl (C=O) groups is 1. The molecule has 2 aliphatic heterocycles. The maximum absolute atomic E-state index is 12.1. The molecule has 0 atom stereocenters. The smallest absolute Gasteiger partial charge is 0.245 e. The fraction of sp³-hybridized carbons (Fsp3) is 0.333. The summed E-state index contributed by atoms with van der Waals surface area (Å²) in [4.78, 5) is 31.9. The molecule has 0 aliphatic carbocycles. The number of hydrogen-bond donors (Lipinski definition) is 2. The highest BCUT2D eigenvalue weighted by Gasteiger charge is 2.31. The van der Waals surface area contributed by atoms with Crippen molar-refractivity contribution in [1.29, 1.82) is 0 Å². The molecule has 1 amide bonds. The molecule has 0 aromatic carbocycles. The molecule has 142 valence electrons. The van der Waals surface area contributed by atoms with Crippen LogP contribution >= 0.6 is 0 Å². The molecule has 0 bridgehead atoms. The summed E-state index contributed by atoms with van der Waals surface area (Å²) in [6.45, 7) is 1.66. The molecule has 1 fully saturated rings. The van der Waals surface area contributed by atoms with Crippen LogP contribution in [-0.4, -0.2) is 61.8 Å². The molecule has 2 aliphatic rings. The molecule has 0 radical (unpaired) electrons. The number of rotatable bonds is 3. The molecular formula is C18H18N8O2. The van der Waals surface area contributed by atoms with E-state index in [0.717, 1.165) is 18.4 Å². The van der Waals surface area contributed by atoms with E-state index in [9.17, 15) is 4.79 Å². The normalized spacial score (nSPS) is 17.3. The molecule has 28 heavy (non-hydrogen) atoms. The number of nitrogens with one attached hydrogen (secondary N) is 2. The molecule has 0 spiro atoms. The molecular weight excluding hydrogens is 360 g/mol. The first-order valence-corrected chi connectivity index (χ1v) is 9.11. The number of anilines is 2. The SMILES string of the molecule is O=C1CN(C2CCOCC2)c2nc(-c3ccc(-c4ncn[nH]4)nc3)cnc2N1. The van der Waals surface area contributed by atoms with Crippen molar-refractivity contribution in [3.63, 3.8) is 0 Å². The maximum atomic E-state index is 12.1. The van der Waals surface area contributed by atoms with Gasteiger partial charge in [0.1, 0.15) is 12.0 Å². The molecule has 2 N–H and O–H groups in total. The fourth-order valence-electron chi connectivity index (χ4n) is 3.52. The molecule has 0 unspecified atom stereocenters. The Bertz CT molecular complexity index is 983. The van der Waals surface area contributed by atoms with E-state index in [2.05, 4.69) is 30.5 Å². The first-order chi connectivity index (χ1) is 13.8. The summed E-state index contributed by atoms with van der Waals surface area (Å²) in [5.41, 5.74) is 2.23. The van der Waals surface area contributed by atoms with Gasteiger partial charge in [0.25, 0.3) is 0 Å². The summed E-state index contributed by atoms with van der Waals surface area (Å²) in [6.07, 6.45) is 6.56. The van der Waals surface area contributed by atoms with Crippen molar-refractivity contribution in [2.45, 2.75) is 18.9 Å². The zero-order valence-corrected chi connectivity index (χ0v) is 15.0. The van der Waals surface area contributed by atoms with Crippen molar-refractivity contribution in [3.8, 4) is 22.8 Å². The van der Waals surface area contributed by atoms with Crippen molar-refractivity contribution < 1.29 is 9.53 Å². The minimum atomic E-state index is -0.0703. The number of aromatic amines is 1. The Morgan fingerprint density at radius 2 is 1.96 bits per heavy atom. The van der Waals surface area contributed by atoms with Gasteiger partial charge < -0.3 is 15.0 Å². The van der Waals surface area contributed by atoms with Gasteiger partial charge in [0.2, 0.25) is 5.91 Å². The second-order valence-corrected chi connectivity index (χ2v) is 6.71. The van der Waals surface area contributed by atoms with Crippen molar-refractivity contribution in [2.24, 2.45) is 0 Å². The van der Waals surface area contributed by atoms with Crippen molar-refractivity contribution in [3.05, 3.63) is 30.9 Å². The Morgan fingerprint density at radius 3 is 2.71 bits per heavy atom. The highest BCUT2D eigenvalue weighted by atomic mass is 16.5. The maximum Gasteiger partial charge on any atom is 0.245 e. The number of carbonyl (C=O) groups excluding carboxylic acids is 1. The van der Waals surface area contributed by atoms with Gasteiger partial charge in [-0.15, -0.1) is 0 Å². The molecule has 3 aromatic rings. The van der Waals surface area contributed by atoms with Crippen LogP contribution in [0, 0.1) is 0 Å². The van der Waals surface area contributed by atoms with E-state index in [1.165, 1.54) is 6.33 Å². The number of ether oxygens (including phenoxy) is 1. The number of H-pyrrole nitrogens is 1. The van der Waals surface area contributed by atoms with Crippen molar-refractivity contribution in [1.82, 2.24) is 30.1 Å². The van der Waals surface area contributed by atoms with Gasteiger partial charge in [0, 0.05) is 31.0 Å². The molecule has 1 saturated heterocycles. The summed E-state index contributed by atoms with van der Waals surface area (Å²) in [5, 5.41) is 9.44. The van der Waals surface area contributed by atoms with E-state index in [1.807, 2.05) is 17.0 Å². The quantitative estimate of drug-likeness (QED) is 0.698. The Kier molecular flexibility index (Phi) is 4.17. The van der Waals surface area contributed by atoms with Gasteiger partial charge >= 0.3 is 0 Å². The highest BCUT2D eigenvalue weighted by molar-refractivity contribution is 5.99. The van der Waals surface area contributed by atoms with Gasteiger partial charge in [-0.05, 0) is 25.0 Å². The highest BCUT2D eigenvalue weighted by Crippen LogP contribution is 2.32. The third kappa shape index (κ3) is 3.07. The minimum absolute atomic E-state index is 0.0703.